The van der Waals surface area contributed by atoms with Crippen molar-refractivity contribution in [2.45, 2.75) is 37.0 Å². The zero-order valence-electron chi connectivity index (χ0n) is 21.7. The molecule has 0 spiro atoms. The number of sulfone groups is 1. The predicted molar refractivity (Wildman–Crippen MR) is 148 cm³/mol. The highest BCUT2D eigenvalue weighted by Crippen LogP contribution is 2.56. The molecule has 1 aliphatic carbocycles. The van der Waals surface area contributed by atoms with Gasteiger partial charge in [-0.3, -0.25) is 14.3 Å². The van der Waals surface area contributed by atoms with Gasteiger partial charge in [0, 0.05) is 35.5 Å². The van der Waals surface area contributed by atoms with E-state index in [4.69, 9.17) is 11.6 Å². The van der Waals surface area contributed by atoms with Crippen molar-refractivity contribution >= 4 is 27.0 Å². The van der Waals surface area contributed by atoms with Crippen LogP contribution in [0.2, 0.25) is 5.02 Å². The molecule has 0 radical (unpaired) electrons. The summed E-state index contributed by atoms with van der Waals surface area (Å²) in [6.07, 6.45) is 6.68. The second-order valence-electron chi connectivity index (χ2n) is 10.1. The van der Waals surface area contributed by atoms with Crippen molar-refractivity contribution in [1.29, 1.82) is 0 Å². The van der Waals surface area contributed by atoms with Gasteiger partial charge >= 0.3 is 0 Å². The van der Waals surface area contributed by atoms with Crippen LogP contribution in [0.3, 0.4) is 0 Å². The number of aromatic nitrogens is 4. The Kier molecular flexibility index (Phi) is 6.15. The third kappa shape index (κ3) is 4.13. The monoisotopic (exact) mass is 580 g/mol. The van der Waals surface area contributed by atoms with Crippen LogP contribution in [0.25, 0.3) is 22.5 Å². The third-order valence-electron chi connectivity index (χ3n) is 7.43. The first-order valence-corrected chi connectivity index (χ1v) is 14.7. The van der Waals surface area contributed by atoms with Gasteiger partial charge in [0.2, 0.25) is 0 Å². The largest absolute Gasteiger partial charge is 0.277 e. The SMILES string of the molecule is Cc1cnc(-c2cccc(S(C)(=O)=O)c2F)c(F)c1-n1c(C)cc([C@H]2C[C@@H]2c2cnn3ccccc23)c(Cl)c1=O. The lowest BCUT2D eigenvalue weighted by Gasteiger charge is -2.18. The molecule has 1 aromatic carbocycles. The van der Waals surface area contributed by atoms with Gasteiger partial charge in [0.25, 0.3) is 5.56 Å². The Morgan fingerprint density at radius 1 is 1.00 bits per heavy atom. The summed E-state index contributed by atoms with van der Waals surface area (Å²) in [5.74, 6) is -1.93. The standard InChI is InChI=1S/C29H23ClF2N4O3S/c1-15-13-33-27(17-7-6-9-23(25(17)31)40(3,38)39)26(32)28(15)36-16(2)11-20(24(30)29(36)37)18-12-19(18)21-14-34-35-10-5-4-8-22(21)35/h4-11,13-14,18-19H,12H2,1-3H3/t18-,19-/m0/s1. The first-order valence-electron chi connectivity index (χ1n) is 12.5. The Bertz CT molecular complexity index is 2020. The van der Waals surface area contributed by atoms with Gasteiger partial charge in [0.1, 0.15) is 15.6 Å². The lowest BCUT2D eigenvalue weighted by atomic mass is 10.0. The van der Waals surface area contributed by atoms with Gasteiger partial charge in [-0.25, -0.2) is 21.7 Å². The molecule has 0 saturated heterocycles. The molecule has 1 saturated carbocycles. The van der Waals surface area contributed by atoms with Gasteiger partial charge in [-0.1, -0.05) is 23.7 Å². The van der Waals surface area contributed by atoms with E-state index in [0.29, 0.717) is 16.8 Å². The second kappa shape index (κ2) is 9.35. The molecule has 4 heterocycles. The van der Waals surface area contributed by atoms with Crippen LogP contribution in [0, 0.1) is 25.5 Å². The van der Waals surface area contributed by atoms with Crippen molar-refractivity contribution in [2.24, 2.45) is 0 Å². The van der Waals surface area contributed by atoms with Crippen molar-refractivity contribution in [3.05, 3.63) is 110 Å². The normalized spacial score (nSPS) is 16.9. The molecule has 0 bridgehead atoms. The molecule has 7 nitrogen and oxygen atoms in total. The van der Waals surface area contributed by atoms with Gasteiger partial charge < -0.3 is 0 Å². The second-order valence-corrected chi connectivity index (χ2v) is 12.5. The zero-order chi connectivity index (χ0) is 28.5. The molecular weight excluding hydrogens is 558 g/mol. The number of aryl methyl sites for hydroxylation is 2. The third-order valence-corrected chi connectivity index (χ3v) is 8.92. The van der Waals surface area contributed by atoms with Crippen molar-refractivity contribution in [3.63, 3.8) is 0 Å². The van der Waals surface area contributed by atoms with E-state index in [1.54, 1.807) is 24.4 Å². The van der Waals surface area contributed by atoms with E-state index in [-0.39, 0.29) is 28.1 Å². The van der Waals surface area contributed by atoms with Crippen molar-refractivity contribution in [2.75, 3.05) is 6.26 Å². The van der Waals surface area contributed by atoms with Crippen LogP contribution < -0.4 is 5.56 Å². The summed E-state index contributed by atoms with van der Waals surface area (Å²) in [5, 5.41) is 4.39. The Morgan fingerprint density at radius 3 is 2.50 bits per heavy atom. The summed E-state index contributed by atoms with van der Waals surface area (Å²) in [5.41, 5.74) is 2.04. The first-order chi connectivity index (χ1) is 19.0. The van der Waals surface area contributed by atoms with E-state index in [0.717, 1.165) is 34.4 Å². The summed E-state index contributed by atoms with van der Waals surface area (Å²) in [6.45, 7) is 3.26. The fraction of sp³-hybridized carbons (Fsp3) is 0.207. The molecule has 40 heavy (non-hydrogen) atoms. The zero-order valence-corrected chi connectivity index (χ0v) is 23.3. The average Bonchev–Trinajstić information content (AvgIpc) is 3.57. The maximum absolute atomic E-state index is 16.1. The van der Waals surface area contributed by atoms with Crippen LogP contribution in [-0.2, 0) is 9.84 Å². The van der Waals surface area contributed by atoms with Gasteiger partial charge in [-0.2, -0.15) is 5.10 Å². The van der Waals surface area contributed by atoms with E-state index >= 15 is 8.78 Å². The number of fused-ring (bicyclic) bond motifs is 1. The number of hydrogen-bond acceptors (Lipinski definition) is 5. The average molecular weight is 581 g/mol. The fourth-order valence-corrected chi connectivity index (χ4v) is 6.45. The number of benzene rings is 1. The highest BCUT2D eigenvalue weighted by Gasteiger charge is 2.43. The molecule has 0 aliphatic heterocycles. The van der Waals surface area contributed by atoms with Crippen molar-refractivity contribution < 1.29 is 17.2 Å². The van der Waals surface area contributed by atoms with E-state index in [2.05, 4.69) is 10.1 Å². The molecule has 2 atom stereocenters. The van der Waals surface area contributed by atoms with Crippen LogP contribution in [-0.4, -0.2) is 33.8 Å². The van der Waals surface area contributed by atoms with Crippen LogP contribution in [0.15, 0.2) is 70.7 Å². The molecular formula is C29H23ClF2N4O3S. The number of hydrogen-bond donors (Lipinski definition) is 0. The van der Waals surface area contributed by atoms with Crippen LogP contribution in [0.1, 0.15) is 40.6 Å². The molecule has 11 heteroatoms. The number of nitrogens with zero attached hydrogens (tertiary/aromatic N) is 4. The molecule has 1 fully saturated rings. The molecule has 0 amide bonds. The number of rotatable bonds is 5. The Morgan fingerprint density at radius 2 is 1.75 bits per heavy atom. The fourth-order valence-electron chi connectivity index (χ4n) is 5.41. The number of pyridine rings is 3. The van der Waals surface area contributed by atoms with Crippen molar-refractivity contribution in [1.82, 2.24) is 19.2 Å². The molecule has 6 rings (SSSR count). The van der Waals surface area contributed by atoms with Crippen LogP contribution in [0.4, 0.5) is 8.78 Å². The van der Waals surface area contributed by atoms with E-state index < -0.39 is 37.6 Å². The highest BCUT2D eigenvalue weighted by atomic mass is 35.5. The summed E-state index contributed by atoms with van der Waals surface area (Å²) in [6, 6.07) is 11.3. The van der Waals surface area contributed by atoms with Crippen LogP contribution in [0.5, 0.6) is 0 Å². The maximum atomic E-state index is 16.1. The van der Waals surface area contributed by atoms with Gasteiger partial charge in [0.05, 0.1) is 17.4 Å². The molecule has 5 aromatic rings. The topological polar surface area (TPSA) is 86.3 Å². The summed E-state index contributed by atoms with van der Waals surface area (Å²) < 4.78 is 58.3. The Balaban J connectivity index is 1.45. The molecule has 0 N–H and O–H groups in total. The minimum Gasteiger partial charge on any atom is -0.277 e. The van der Waals surface area contributed by atoms with E-state index in [1.165, 1.54) is 18.3 Å². The summed E-state index contributed by atoms with van der Waals surface area (Å²) in [7, 11) is -3.91. The van der Waals surface area contributed by atoms with Crippen molar-refractivity contribution in [3.8, 4) is 16.9 Å². The van der Waals surface area contributed by atoms with E-state index in [9.17, 15) is 13.2 Å². The molecule has 204 valence electrons. The number of halogens is 3. The molecule has 4 aromatic heterocycles. The maximum Gasteiger partial charge on any atom is 0.274 e. The smallest absolute Gasteiger partial charge is 0.274 e. The summed E-state index contributed by atoms with van der Waals surface area (Å²) >= 11 is 6.64. The van der Waals surface area contributed by atoms with E-state index in [1.807, 2.05) is 30.6 Å². The molecule has 0 unspecified atom stereocenters. The minimum atomic E-state index is -3.91. The minimum absolute atomic E-state index is 0.00790. The van der Waals surface area contributed by atoms with Crippen LogP contribution >= 0.6 is 11.6 Å². The van der Waals surface area contributed by atoms with Gasteiger partial charge in [-0.15, -0.1) is 0 Å². The first kappa shape index (κ1) is 26.3. The quantitative estimate of drug-likeness (QED) is 0.263. The molecule has 1 aliphatic rings. The Labute approximate surface area is 233 Å². The predicted octanol–water partition coefficient (Wildman–Crippen LogP) is 5.77. The highest BCUT2D eigenvalue weighted by molar-refractivity contribution is 7.90. The summed E-state index contributed by atoms with van der Waals surface area (Å²) in [4.78, 5) is 17.1. The van der Waals surface area contributed by atoms with Gasteiger partial charge in [-0.05, 0) is 73.6 Å². The van der Waals surface area contributed by atoms with Gasteiger partial charge in [0.15, 0.2) is 21.5 Å². The lowest BCUT2D eigenvalue weighted by molar-refractivity contribution is 0.569. The Hall–Kier alpha value is -3.89. The lowest BCUT2D eigenvalue weighted by Crippen LogP contribution is -2.24.